The Morgan fingerprint density at radius 2 is 1.81 bits per heavy atom. The van der Waals surface area contributed by atoms with Crippen molar-refractivity contribution in [2.24, 2.45) is 5.92 Å². The zero-order valence-electron chi connectivity index (χ0n) is 10.3. The van der Waals surface area contributed by atoms with Gasteiger partial charge < -0.3 is 10.2 Å². The van der Waals surface area contributed by atoms with Crippen LogP contribution in [0.25, 0.3) is 0 Å². The lowest BCUT2D eigenvalue weighted by atomic mass is 10.0. The van der Waals surface area contributed by atoms with Crippen LogP contribution in [0.3, 0.4) is 0 Å². The molecular weight excluding hydrogens is 217 g/mol. The van der Waals surface area contributed by atoms with Crippen molar-refractivity contribution in [2.75, 3.05) is 26.7 Å². The highest BCUT2D eigenvalue weighted by atomic mass is 19.4. The number of rotatable bonds is 5. The minimum absolute atomic E-state index is 0.814. The zero-order valence-corrected chi connectivity index (χ0v) is 10.3. The molecule has 1 aliphatic rings. The maximum atomic E-state index is 9.67. The van der Waals surface area contributed by atoms with Crippen molar-refractivity contribution in [3.8, 4) is 0 Å². The van der Waals surface area contributed by atoms with Crippen LogP contribution in [0, 0.1) is 5.92 Å². The number of hydrogen-bond acceptors (Lipinski definition) is 2. The van der Waals surface area contributed by atoms with Crippen molar-refractivity contribution in [2.45, 2.75) is 39.4 Å². The van der Waals surface area contributed by atoms with Gasteiger partial charge in [0.1, 0.15) is 0 Å². The summed E-state index contributed by atoms with van der Waals surface area (Å²) in [5.74, 6) is 0.889. The molecule has 0 radical (unpaired) electrons. The summed E-state index contributed by atoms with van der Waals surface area (Å²) < 4.78 is 29.0. The highest BCUT2D eigenvalue weighted by Crippen LogP contribution is 2.09. The summed E-state index contributed by atoms with van der Waals surface area (Å²) in [7, 11) is 2.24. The van der Waals surface area contributed by atoms with Gasteiger partial charge in [-0.05, 0) is 25.9 Å². The number of hydrogen-bond donors (Lipinski definition) is 1. The van der Waals surface area contributed by atoms with E-state index in [1.807, 2.05) is 0 Å². The average molecular weight is 240 g/mol. The van der Waals surface area contributed by atoms with Gasteiger partial charge in [0, 0.05) is 19.1 Å². The third-order valence-electron chi connectivity index (χ3n) is 3.05. The summed E-state index contributed by atoms with van der Waals surface area (Å²) in [5, 5.41) is 3.30. The lowest BCUT2D eigenvalue weighted by Gasteiger charge is -2.36. The van der Waals surface area contributed by atoms with Crippen LogP contribution < -0.4 is 5.32 Å². The second kappa shape index (κ2) is 8.82. The van der Waals surface area contributed by atoms with Gasteiger partial charge in [-0.15, -0.1) is 0 Å². The van der Waals surface area contributed by atoms with Crippen molar-refractivity contribution < 1.29 is 13.2 Å². The summed E-state index contributed by atoms with van der Waals surface area (Å²) in [6.45, 7) is 4.60. The van der Waals surface area contributed by atoms with Crippen LogP contribution in [0.1, 0.15) is 26.7 Å². The number of halogens is 3. The van der Waals surface area contributed by atoms with Crippen molar-refractivity contribution in [3.05, 3.63) is 0 Å². The molecule has 0 aromatic carbocycles. The van der Waals surface area contributed by atoms with E-state index in [0.29, 0.717) is 0 Å². The molecule has 16 heavy (non-hydrogen) atoms. The molecule has 1 fully saturated rings. The molecule has 0 saturated carbocycles. The third kappa shape index (κ3) is 7.93. The van der Waals surface area contributed by atoms with E-state index in [-0.39, 0.29) is 0 Å². The molecule has 5 heteroatoms. The van der Waals surface area contributed by atoms with E-state index < -0.39 is 6.68 Å². The highest BCUT2D eigenvalue weighted by molar-refractivity contribution is 4.82. The van der Waals surface area contributed by atoms with Gasteiger partial charge in [0.2, 0.25) is 0 Å². The Bertz CT molecular complexity index is 161. The largest absolute Gasteiger partial charge is 0.379 e. The first-order chi connectivity index (χ1) is 7.47. The summed E-state index contributed by atoms with van der Waals surface area (Å²) in [6, 6.07) is 0.814. The van der Waals surface area contributed by atoms with Crippen LogP contribution in [0.4, 0.5) is 13.2 Å². The predicted molar refractivity (Wildman–Crippen MR) is 60.5 cm³/mol. The molecule has 1 aliphatic heterocycles. The Kier molecular flexibility index (Phi) is 8.66. The fraction of sp³-hybridized carbons (Fsp3) is 1.00. The van der Waals surface area contributed by atoms with Crippen molar-refractivity contribution >= 4 is 0 Å². The second-order valence-electron chi connectivity index (χ2n) is 4.34. The van der Waals surface area contributed by atoms with Crippen LogP contribution >= 0.6 is 0 Å². The number of nitrogens with one attached hydrogen (secondary N) is 1. The highest BCUT2D eigenvalue weighted by Gasteiger charge is 2.20. The maximum Gasteiger partial charge on any atom is 0.379 e. The first-order valence-electron chi connectivity index (χ1n) is 5.80. The fourth-order valence-electron chi connectivity index (χ4n) is 1.40. The molecule has 0 bridgehead atoms. The molecule has 0 aromatic rings. The molecule has 2 nitrogen and oxygen atoms in total. The molecule has 1 rings (SSSR count). The zero-order chi connectivity index (χ0) is 12.6. The minimum atomic E-state index is -3.67. The van der Waals surface area contributed by atoms with E-state index in [9.17, 15) is 13.2 Å². The Balaban J connectivity index is 0.000000487. The van der Waals surface area contributed by atoms with Gasteiger partial charge in [0.15, 0.2) is 0 Å². The fourth-order valence-corrected chi connectivity index (χ4v) is 1.40. The molecule has 1 unspecified atom stereocenters. The smallest absolute Gasteiger partial charge is 0.314 e. The summed E-state index contributed by atoms with van der Waals surface area (Å²) >= 11 is 0. The van der Waals surface area contributed by atoms with Crippen molar-refractivity contribution in [1.29, 1.82) is 0 Å². The number of alkyl halides is 3. The summed E-state index contributed by atoms with van der Waals surface area (Å²) in [4.78, 5) is 2.49. The Morgan fingerprint density at radius 1 is 1.31 bits per heavy atom. The van der Waals surface area contributed by atoms with E-state index in [1.54, 1.807) is 0 Å². The van der Waals surface area contributed by atoms with E-state index in [1.165, 1.54) is 32.5 Å². The molecule has 98 valence electrons. The van der Waals surface area contributed by atoms with Gasteiger partial charge in [-0.25, -0.2) is 0 Å². The second-order valence-corrected chi connectivity index (χ2v) is 4.34. The van der Waals surface area contributed by atoms with Crippen LogP contribution in [0.2, 0.25) is 0 Å². The Labute approximate surface area is 96.2 Å². The van der Waals surface area contributed by atoms with Gasteiger partial charge in [-0.2, -0.15) is 13.2 Å². The maximum absolute atomic E-state index is 9.67. The topological polar surface area (TPSA) is 15.3 Å². The van der Waals surface area contributed by atoms with Gasteiger partial charge in [-0.3, -0.25) is 0 Å². The molecule has 1 atom stereocenters. The number of likely N-dealkylation sites (N-methyl/N-ethyl adjacent to an activating group) is 1. The quantitative estimate of drug-likeness (QED) is 0.794. The van der Waals surface area contributed by atoms with Crippen molar-refractivity contribution in [1.82, 2.24) is 10.2 Å². The predicted octanol–water partition coefficient (Wildman–Crippen LogP) is 2.50. The van der Waals surface area contributed by atoms with Gasteiger partial charge in [-0.1, -0.05) is 20.3 Å². The standard InChI is InChI=1S/C10H22N2.CHF3/c1-4-9(2)5-6-12(3)10-7-11-8-10;2-1(3)4/h9-11H,4-8H2,1-3H3;1H. The summed E-state index contributed by atoms with van der Waals surface area (Å²) in [6.07, 6.45) is 2.67. The van der Waals surface area contributed by atoms with Gasteiger partial charge >= 0.3 is 6.68 Å². The Hall–Kier alpha value is -0.290. The molecular formula is C11H23F3N2. The number of nitrogens with zero attached hydrogens (tertiary/aromatic N) is 1. The molecule has 0 aromatic heterocycles. The lowest BCUT2D eigenvalue weighted by Crippen LogP contribution is -2.56. The van der Waals surface area contributed by atoms with E-state index in [2.05, 4.69) is 31.1 Å². The molecule has 1 heterocycles. The normalized spacial score (nSPS) is 18.0. The SMILES string of the molecule is CCC(C)CCN(C)C1CNC1.FC(F)F. The molecule has 1 saturated heterocycles. The lowest BCUT2D eigenvalue weighted by molar-refractivity contribution is 0.00819. The van der Waals surface area contributed by atoms with Gasteiger partial charge in [0.25, 0.3) is 0 Å². The van der Waals surface area contributed by atoms with Crippen LogP contribution in [0.15, 0.2) is 0 Å². The average Bonchev–Trinajstić information content (AvgIpc) is 2.10. The van der Waals surface area contributed by atoms with Crippen LogP contribution in [-0.4, -0.2) is 44.3 Å². The monoisotopic (exact) mass is 240 g/mol. The van der Waals surface area contributed by atoms with E-state index >= 15 is 0 Å². The van der Waals surface area contributed by atoms with E-state index in [4.69, 9.17) is 0 Å². The minimum Gasteiger partial charge on any atom is -0.314 e. The van der Waals surface area contributed by atoms with Crippen LogP contribution in [0.5, 0.6) is 0 Å². The first kappa shape index (κ1) is 15.7. The molecule has 1 N–H and O–H groups in total. The first-order valence-corrected chi connectivity index (χ1v) is 5.80. The van der Waals surface area contributed by atoms with Gasteiger partial charge in [0.05, 0.1) is 0 Å². The van der Waals surface area contributed by atoms with E-state index in [0.717, 1.165) is 12.0 Å². The van der Waals surface area contributed by atoms with Crippen LogP contribution in [-0.2, 0) is 0 Å². The molecule has 0 spiro atoms. The molecule has 0 amide bonds. The Morgan fingerprint density at radius 3 is 2.12 bits per heavy atom. The summed E-state index contributed by atoms with van der Waals surface area (Å²) in [5.41, 5.74) is 0. The van der Waals surface area contributed by atoms with Crippen molar-refractivity contribution in [3.63, 3.8) is 0 Å². The molecule has 0 aliphatic carbocycles. The third-order valence-corrected chi connectivity index (χ3v) is 3.05.